The number of alkyl carbamates (subject to hydrolysis) is 1. The number of aromatic amines is 1. The van der Waals surface area contributed by atoms with E-state index >= 15 is 0 Å². The number of anilines is 1. The van der Waals surface area contributed by atoms with Gasteiger partial charge in [0.15, 0.2) is 0 Å². The zero-order valence-electron chi connectivity index (χ0n) is 14.0. The lowest BCUT2D eigenvalue weighted by molar-refractivity contribution is -0.118. The van der Waals surface area contributed by atoms with E-state index < -0.39 is 12.1 Å². The van der Waals surface area contributed by atoms with E-state index in [0.717, 1.165) is 11.3 Å². The van der Waals surface area contributed by atoms with Crippen LogP contribution in [-0.4, -0.2) is 35.3 Å². The molecule has 128 valence electrons. The normalized spacial score (nSPS) is 11.8. The number of nitrogens with zero attached hydrogens (tertiary/aromatic N) is 1. The molecule has 0 aliphatic heterocycles. The summed E-state index contributed by atoms with van der Waals surface area (Å²) >= 11 is 0. The molecule has 24 heavy (non-hydrogen) atoms. The molecule has 7 heteroatoms. The quantitative estimate of drug-likeness (QED) is 0.759. The van der Waals surface area contributed by atoms with Gasteiger partial charge in [-0.25, -0.2) is 4.79 Å². The van der Waals surface area contributed by atoms with Gasteiger partial charge in [0.05, 0.1) is 12.8 Å². The third kappa shape index (κ3) is 4.84. The van der Waals surface area contributed by atoms with Gasteiger partial charge in [-0.2, -0.15) is 5.10 Å². The lowest BCUT2D eigenvalue weighted by Crippen LogP contribution is -2.44. The average molecular weight is 330 g/mol. The number of rotatable bonds is 6. The standard InChI is InChI=1S/C17H22N4O3/c1-11(2)10-15(20-17(23)24-3)16(22)19-13-6-4-12(5-7-13)14-8-9-18-21-14/h4-9,11,15H,10H2,1-3H3,(H,18,21)(H,19,22)(H,20,23). The number of amides is 2. The first-order chi connectivity index (χ1) is 11.5. The Morgan fingerprint density at radius 1 is 1.21 bits per heavy atom. The molecule has 0 bridgehead atoms. The molecule has 0 aliphatic rings. The molecule has 3 N–H and O–H groups in total. The fourth-order valence-corrected chi connectivity index (χ4v) is 2.28. The summed E-state index contributed by atoms with van der Waals surface area (Å²) in [6, 6.07) is 8.59. The van der Waals surface area contributed by atoms with Gasteiger partial charge in [-0.05, 0) is 36.1 Å². The van der Waals surface area contributed by atoms with Crippen molar-refractivity contribution in [1.82, 2.24) is 15.5 Å². The number of carbonyl (C=O) groups excluding carboxylic acids is 2. The smallest absolute Gasteiger partial charge is 0.407 e. The van der Waals surface area contributed by atoms with Gasteiger partial charge in [-0.1, -0.05) is 26.0 Å². The fourth-order valence-electron chi connectivity index (χ4n) is 2.28. The second-order valence-electron chi connectivity index (χ2n) is 5.85. The van der Waals surface area contributed by atoms with Gasteiger partial charge in [0.2, 0.25) is 5.91 Å². The molecule has 1 aromatic heterocycles. The minimum Gasteiger partial charge on any atom is -0.453 e. The van der Waals surface area contributed by atoms with E-state index in [1.54, 1.807) is 18.3 Å². The van der Waals surface area contributed by atoms with E-state index in [0.29, 0.717) is 12.1 Å². The summed E-state index contributed by atoms with van der Waals surface area (Å²) in [5.74, 6) is -0.0240. The lowest BCUT2D eigenvalue weighted by atomic mass is 10.0. The summed E-state index contributed by atoms with van der Waals surface area (Å²) < 4.78 is 4.58. The molecule has 0 fully saturated rings. The van der Waals surface area contributed by atoms with Crippen LogP contribution < -0.4 is 10.6 Å². The molecule has 2 amide bonds. The first kappa shape index (κ1) is 17.5. The Balaban J connectivity index is 2.04. The zero-order valence-corrected chi connectivity index (χ0v) is 14.0. The van der Waals surface area contributed by atoms with Crippen LogP contribution in [0.1, 0.15) is 20.3 Å². The van der Waals surface area contributed by atoms with Crippen LogP contribution in [0.25, 0.3) is 11.3 Å². The number of nitrogens with one attached hydrogen (secondary N) is 3. The van der Waals surface area contributed by atoms with Crippen molar-refractivity contribution in [3.8, 4) is 11.3 Å². The first-order valence-corrected chi connectivity index (χ1v) is 7.74. The molecule has 2 rings (SSSR count). The molecule has 0 saturated carbocycles. The van der Waals surface area contributed by atoms with Crippen LogP contribution in [0.5, 0.6) is 0 Å². The number of benzene rings is 1. The Hall–Kier alpha value is -2.83. The third-order valence-corrected chi connectivity index (χ3v) is 3.47. The topological polar surface area (TPSA) is 96.1 Å². The molecule has 1 unspecified atom stereocenters. The van der Waals surface area contributed by atoms with E-state index in [4.69, 9.17) is 0 Å². The lowest BCUT2D eigenvalue weighted by Gasteiger charge is -2.19. The van der Waals surface area contributed by atoms with Crippen LogP contribution in [0, 0.1) is 5.92 Å². The van der Waals surface area contributed by atoms with Crippen molar-refractivity contribution in [2.75, 3.05) is 12.4 Å². The van der Waals surface area contributed by atoms with Crippen molar-refractivity contribution in [2.45, 2.75) is 26.3 Å². The van der Waals surface area contributed by atoms with Crippen molar-refractivity contribution >= 4 is 17.7 Å². The molecule has 7 nitrogen and oxygen atoms in total. The van der Waals surface area contributed by atoms with Gasteiger partial charge >= 0.3 is 6.09 Å². The largest absolute Gasteiger partial charge is 0.453 e. The predicted octanol–water partition coefficient (Wildman–Crippen LogP) is 2.79. The summed E-state index contributed by atoms with van der Waals surface area (Å²) in [6.07, 6.45) is 1.58. The van der Waals surface area contributed by atoms with Gasteiger partial charge < -0.3 is 15.4 Å². The Labute approximate surface area is 140 Å². The predicted molar refractivity (Wildman–Crippen MR) is 91.4 cm³/mol. The fraction of sp³-hybridized carbons (Fsp3) is 0.353. The van der Waals surface area contributed by atoms with E-state index in [2.05, 4.69) is 25.6 Å². The minimum atomic E-state index is -0.648. The van der Waals surface area contributed by atoms with Crippen molar-refractivity contribution in [3.05, 3.63) is 36.5 Å². The monoisotopic (exact) mass is 330 g/mol. The summed E-state index contributed by atoms with van der Waals surface area (Å²) in [7, 11) is 1.27. The van der Waals surface area contributed by atoms with Crippen LogP contribution in [0.3, 0.4) is 0 Å². The van der Waals surface area contributed by atoms with Crippen LogP contribution in [0.15, 0.2) is 36.5 Å². The maximum atomic E-state index is 12.4. The van der Waals surface area contributed by atoms with Crippen LogP contribution in [-0.2, 0) is 9.53 Å². The Morgan fingerprint density at radius 2 is 1.92 bits per heavy atom. The number of H-pyrrole nitrogens is 1. The second-order valence-corrected chi connectivity index (χ2v) is 5.85. The summed E-state index contributed by atoms with van der Waals surface area (Å²) in [6.45, 7) is 3.97. The average Bonchev–Trinajstić information content (AvgIpc) is 3.08. The molecule has 0 saturated heterocycles. The molecular formula is C17H22N4O3. The zero-order chi connectivity index (χ0) is 17.5. The highest BCUT2D eigenvalue weighted by molar-refractivity contribution is 5.96. The molecule has 0 aliphatic carbocycles. The van der Waals surface area contributed by atoms with E-state index in [1.807, 2.05) is 32.0 Å². The van der Waals surface area contributed by atoms with Crippen molar-refractivity contribution in [2.24, 2.45) is 5.92 Å². The van der Waals surface area contributed by atoms with Gasteiger partial charge in [-0.3, -0.25) is 9.89 Å². The summed E-state index contributed by atoms with van der Waals surface area (Å²) in [5, 5.41) is 12.2. The molecule has 0 radical (unpaired) electrons. The number of hydrogen-bond donors (Lipinski definition) is 3. The van der Waals surface area contributed by atoms with Crippen molar-refractivity contribution < 1.29 is 14.3 Å². The molecule has 1 atom stereocenters. The Kier molecular flexibility index (Phi) is 5.95. The molecule has 1 heterocycles. The van der Waals surface area contributed by atoms with Gasteiger partial charge in [-0.15, -0.1) is 0 Å². The number of hydrogen-bond acceptors (Lipinski definition) is 4. The second kappa shape index (κ2) is 8.14. The van der Waals surface area contributed by atoms with Crippen molar-refractivity contribution in [1.29, 1.82) is 0 Å². The Bertz CT molecular complexity index is 666. The van der Waals surface area contributed by atoms with Crippen molar-refractivity contribution in [3.63, 3.8) is 0 Å². The summed E-state index contributed by atoms with van der Waals surface area (Å²) in [5.41, 5.74) is 2.53. The first-order valence-electron chi connectivity index (χ1n) is 7.74. The molecule has 2 aromatic rings. The molecule has 0 spiro atoms. The van der Waals surface area contributed by atoms with E-state index in [1.165, 1.54) is 7.11 Å². The number of methoxy groups -OCH3 is 1. The third-order valence-electron chi connectivity index (χ3n) is 3.47. The number of ether oxygens (including phenoxy) is 1. The van der Waals surface area contributed by atoms with Gasteiger partial charge in [0.25, 0.3) is 0 Å². The van der Waals surface area contributed by atoms with E-state index in [-0.39, 0.29) is 11.8 Å². The molecule has 1 aromatic carbocycles. The van der Waals surface area contributed by atoms with Gasteiger partial charge in [0.1, 0.15) is 6.04 Å². The van der Waals surface area contributed by atoms with Crippen LogP contribution >= 0.6 is 0 Å². The number of carbonyl (C=O) groups is 2. The van der Waals surface area contributed by atoms with E-state index in [9.17, 15) is 9.59 Å². The highest BCUT2D eigenvalue weighted by Gasteiger charge is 2.22. The highest BCUT2D eigenvalue weighted by Crippen LogP contribution is 2.19. The molecular weight excluding hydrogens is 308 g/mol. The van der Waals surface area contributed by atoms with Crippen LogP contribution in [0.4, 0.5) is 10.5 Å². The SMILES string of the molecule is COC(=O)NC(CC(C)C)C(=O)Nc1ccc(-c2ccn[nH]2)cc1. The number of aromatic nitrogens is 2. The maximum Gasteiger partial charge on any atom is 0.407 e. The van der Waals surface area contributed by atoms with Gasteiger partial charge in [0, 0.05) is 11.9 Å². The minimum absolute atomic E-state index is 0.251. The Morgan fingerprint density at radius 3 is 2.46 bits per heavy atom. The highest BCUT2D eigenvalue weighted by atomic mass is 16.5. The maximum absolute atomic E-state index is 12.4. The van der Waals surface area contributed by atoms with Crippen LogP contribution in [0.2, 0.25) is 0 Å². The summed E-state index contributed by atoms with van der Waals surface area (Å²) in [4.78, 5) is 23.8.